The highest BCUT2D eigenvalue weighted by molar-refractivity contribution is 9.10. The zero-order chi connectivity index (χ0) is 11.3. The molecule has 1 aromatic carbocycles. The third-order valence-electron chi connectivity index (χ3n) is 3.36. The largest absolute Gasteiger partial charge is 0.357 e. The molecule has 1 aliphatic carbocycles. The van der Waals surface area contributed by atoms with Gasteiger partial charge >= 0.3 is 0 Å². The van der Waals surface area contributed by atoms with Crippen molar-refractivity contribution in [2.75, 3.05) is 0 Å². The minimum atomic E-state index is 0.222. The van der Waals surface area contributed by atoms with Crippen LogP contribution in [0.1, 0.15) is 23.2 Å². The van der Waals surface area contributed by atoms with Crippen molar-refractivity contribution in [3.63, 3.8) is 0 Å². The summed E-state index contributed by atoms with van der Waals surface area (Å²) in [4.78, 5) is 15.8. The van der Waals surface area contributed by atoms with Gasteiger partial charge in [-0.2, -0.15) is 0 Å². The zero-order valence-corrected chi connectivity index (χ0v) is 10.6. The average molecular weight is 278 g/mol. The minimum absolute atomic E-state index is 0.222. The van der Waals surface area contributed by atoms with Gasteiger partial charge in [0.2, 0.25) is 0 Å². The number of halogens is 1. The highest BCUT2D eigenvalue weighted by Crippen LogP contribution is 2.26. The Bertz CT molecular complexity index is 642. The lowest BCUT2D eigenvalue weighted by Gasteiger charge is -2.07. The number of hydrogen-bond acceptors (Lipinski definition) is 1. The Hall–Kier alpha value is -1.09. The summed E-state index contributed by atoms with van der Waals surface area (Å²) in [6, 6.07) is 3.98. The maximum atomic E-state index is 12.4. The molecule has 2 aromatic rings. The van der Waals surface area contributed by atoms with Crippen LogP contribution in [0.25, 0.3) is 10.9 Å². The van der Waals surface area contributed by atoms with Gasteiger partial charge in [-0.1, -0.05) is 6.07 Å². The molecule has 0 unspecified atom stereocenters. The molecule has 0 radical (unpaired) electrons. The Morgan fingerprint density at radius 1 is 1.31 bits per heavy atom. The topological polar surface area (TPSA) is 32.9 Å². The fraction of sp³-hybridized carbons (Fsp3) is 0.308. The molecule has 0 saturated carbocycles. The second kappa shape index (κ2) is 3.45. The van der Waals surface area contributed by atoms with Crippen LogP contribution in [0.2, 0.25) is 0 Å². The molecule has 0 atom stereocenters. The third kappa shape index (κ3) is 1.27. The van der Waals surface area contributed by atoms with Crippen LogP contribution in [0.4, 0.5) is 0 Å². The lowest BCUT2D eigenvalue weighted by atomic mass is 10.1. The molecular formula is C13H12BrNO. The zero-order valence-electron chi connectivity index (χ0n) is 9.06. The number of pyridine rings is 1. The first-order valence-electron chi connectivity index (χ1n) is 5.51. The molecule has 0 amide bonds. The lowest BCUT2D eigenvalue weighted by molar-refractivity contribution is 0.900. The lowest BCUT2D eigenvalue weighted by Crippen LogP contribution is -2.12. The number of H-pyrrole nitrogens is 1. The van der Waals surface area contributed by atoms with Crippen LogP contribution in [0.15, 0.2) is 21.4 Å². The Morgan fingerprint density at radius 3 is 2.94 bits per heavy atom. The van der Waals surface area contributed by atoms with E-state index in [0.717, 1.165) is 51.5 Å². The first-order chi connectivity index (χ1) is 7.68. The third-order valence-corrected chi connectivity index (χ3v) is 4.02. The summed E-state index contributed by atoms with van der Waals surface area (Å²) in [5.41, 5.74) is 4.34. The molecule has 1 aromatic heterocycles. The molecule has 0 fully saturated rings. The van der Waals surface area contributed by atoms with Gasteiger partial charge in [0.25, 0.3) is 0 Å². The molecule has 0 bridgehead atoms. The second-order valence-electron chi connectivity index (χ2n) is 4.38. The number of aromatic nitrogens is 1. The van der Waals surface area contributed by atoms with Gasteiger partial charge in [-0.3, -0.25) is 4.79 Å². The van der Waals surface area contributed by atoms with E-state index in [-0.39, 0.29) is 5.43 Å². The number of aromatic amines is 1. The fourth-order valence-electron chi connectivity index (χ4n) is 2.53. The smallest absolute Gasteiger partial charge is 0.193 e. The highest BCUT2D eigenvalue weighted by atomic mass is 79.9. The van der Waals surface area contributed by atoms with E-state index < -0.39 is 0 Å². The van der Waals surface area contributed by atoms with Gasteiger partial charge in [0.15, 0.2) is 5.43 Å². The van der Waals surface area contributed by atoms with Crippen LogP contribution in [0.5, 0.6) is 0 Å². The van der Waals surface area contributed by atoms with Gasteiger partial charge in [0.1, 0.15) is 0 Å². The predicted octanol–water partition coefficient (Wildman–Crippen LogP) is 3.09. The molecule has 0 saturated heterocycles. The van der Waals surface area contributed by atoms with Crippen molar-refractivity contribution in [2.24, 2.45) is 0 Å². The van der Waals surface area contributed by atoms with Crippen molar-refractivity contribution in [2.45, 2.75) is 26.2 Å². The maximum Gasteiger partial charge on any atom is 0.193 e. The van der Waals surface area contributed by atoms with E-state index in [1.54, 1.807) is 0 Å². The average Bonchev–Trinajstić information content (AvgIpc) is 2.72. The van der Waals surface area contributed by atoms with Gasteiger partial charge < -0.3 is 4.98 Å². The van der Waals surface area contributed by atoms with Crippen molar-refractivity contribution in [3.8, 4) is 0 Å². The Balaban J connectivity index is 2.56. The van der Waals surface area contributed by atoms with Gasteiger partial charge in [0, 0.05) is 21.1 Å². The number of hydrogen-bond donors (Lipinski definition) is 1. The van der Waals surface area contributed by atoms with E-state index in [4.69, 9.17) is 0 Å². The van der Waals surface area contributed by atoms with Gasteiger partial charge in [-0.25, -0.2) is 0 Å². The van der Waals surface area contributed by atoms with Crippen LogP contribution in [-0.4, -0.2) is 4.98 Å². The van der Waals surface area contributed by atoms with Crippen molar-refractivity contribution in [1.29, 1.82) is 0 Å². The highest BCUT2D eigenvalue weighted by Gasteiger charge is 2.18. The Kier molecular flexibility index (Phi) is 2.18. The van der Waals surface area contributed by atoms with Crippen molar-refractivity contribution >= 4 is 26.8 Å². The number of aryl methyl sites for hydroxylation is 2. The van der Waals surface area contributed by atoms with Crippen LogP contribution in [0.3, 0.4) is 0 Å². The summed E-state index contributed by atoms with van der Waals surface area (Å²) >= 11 is 3.50. The molecule has 1 aliphatic rings. The van der Waals surface area contributed by atoms with Crippen LogP contribution < -0.4 is 5.43 Å². The van der Waals surface area contributed by atoms with Crippen LogP contribution in [-0.2, 0) is 12.8 Å². The van der Waals surface area contributed by atoms with Gasteiger partial charge in [0.05, 0.1) is 5.52 Å². The Labute approximate surface area is 102 Å². The molecule has 1 N–H and O–H groups in total. The summed E-state index contributed by atoms with van der Waals surface area (Å²) in [5, 5.41) is 0.843. The molecule has 3 rings (SSSR count). The molecular weight excluding hydrogens is 266 g/mol. The number of rotatable bonds is 0. The van der Waals surface area contributed by atoms with Crippen LogP contribution >= 0.6 is 15.9 Å². The predicted molar refractivity (Wildman–Crippen MR) is 69.0 cm³/mol. The first kappa shape index (κ1) is 10.1. The second-order valence-corrected chi connectivity index (χ2v) is 5.23. The standard InChI is InChI=1S/C13H12BrNO/c1-7-5-6-9(14)12-11(7)13(16)8-3-2-4-10(8)15-12/h5-6H,2-4H2,1H3,(H,15,16). The molecule has 1 heterocycles. The summed E-state index contributed by atoms with van der Waals surface area (Å²) in [6.07, 6.45) is 3.02. The quantitative estimate of drug-likeness (QED) is 0.789. The molecule has 0 aliphatic heterocycles. The normalized spacial score (nSPS) is 14.4. The van der Waals surface area contributed by atoms with Gasteiger partial charge in [-0.15, -0.1) is 0 Å². The number of nitrogens with one attached hydrogen (secondary N) is 1. The number of fused-ring (bicyclic) bond motifs is 2. The van der Waals surface area contributed by atoms with E-state index in [1.165, 1.54) is 0 Å². The number of benzene rings is 1. The summed E-state index contributed by atoms with van der Waals surface area (Å²) in [6.45, 7) is 1.99. The summed E-state index contributed by atoms with van der Waals surface area (Å²) < 4.78 is 0.972. The maximum absolute atomic E-state index is 12.4. The van der Waals surface area contributed by atoms with Crippen molar-refractivity contribution in [1.82, 2.24) is 4.98 Å². The SMILES string of the molecule is Cc1ccc(Br)c2[nH]c3c(c(=O)c12)CCC3. The molecule has 0 spiro atoms. The van der Waals surface area contributed by atoms with E-state index in [2.05, 4.69) is 20.9 Å². The molecule has 82 valence electrons. The Morgan fingerprint density at radius 2 is 2.12 bits per heavy atom. The van der Waals surface area contributed by atoms with E-state index in [0.29, 0.717) is 0 Å². The van der Waals surface area contributed by atoms with Crippen LogP contribution in [0, 0.1) is 6.92 Å². The fourth-order valence-corrected chi connectivity index (χ4v) is 2.96. The van der Waals surface area contributed by atoms with Crippen molar-refractivity contribution in [3.05, 3.63) is 43.6 Å². The van der Waals surface area contributed by atoms with Gasteiger partial charge in [-0.05, 0) is 53.7 Å². The summed E-state index contributed by atoms with van der Waals surface area (Å²) in [7, 11) is 0. The van der Waals surface area contributed by atoms with E-state index >= 15 is 0 Å². The van der Waals surface area contributed by atoms with Crippen molar-refractivity contribution < 1.29 is 0 Å². The monoisotopic (exact) mass is 277 g/mol. The molecule has 2 nitrogen and oxygen atoms in total. The molecule has 3 heteroatoms. The summed E-state index contributed by atoms with van der Waals surface area (Å²) in [5.74, 6) is 0. The molecule has 16 heavy (non-hydrogen) atoms. The van der Waals surface area contributed by atoms with E-state index in [9.17, 15) is 4.79 Å². The first-order valence-corrected chi connectivity index (χ1v) is 6.30. The van der Waals surface area contributed by atoms with E-state index in [1.807, 2.05) is 19.1 Å². The minimum Gasteiger partial charge on any atom is -0.357 e.